The predicted molar refractivity (Wildman–Crippen MR) is 104 cm³/mol. The van der Waals surface area contributed by atoms with E-state index in [1.807, 2.05) is 48.5 Å². The van der Waals surface area contributed by atoms with Crippen molar-refractivity contribution in [3.05, 3.63) is 64.5 Å². The average molecular weight is 428 g/mol. The molecule has 0 unspecified atom stereocenters. The Labute approximate surface area is 162 Å². The molecule has 0 atom stereocenters. The molecule has 130 valence electrons. The second-order valence-corrected chi connectivity index (χ2v) is 7.50. The molecule has 2 heterocycles. The van der Waals surface area contributed by atoms with Gasteiger partial charge in [0.25, 0.3) is 0 Å². The Morgan fingerprint density at radius 3 is 2.73 bits per heavy atom. The Hall–Kier alpha value is -2.45. The predicted octanol–water partition coefficient (Wildman–Crippen LogP) is 4.88. The molecule has 0 bridgehead atoms. The number of rotatable bonds is 5. The highest BCUT2D eigenvalue weighted by atomic mass is 79.9. The first-order valence-electron chi connectivity index (χ1n) is 7.88. The SMILES string of the molecule is Cc1ccc(-c2nc(SCc3nc(-c4cccc(Br)c4)no3)n[nH]2)cc1. The normalized spacial score (nSPS) is 11.0. The van der Waals surface area contributed by atoms with Gasteiger partial charge >= 0.3 is 0 Å². The van der Waals surface area contributed by atoms with Crippen molar-refractivity contribution < 1.29 is 4.52 Å². The van der Waals surface area contributed by atoms with Crippen LogP contribution >= 0.6 is 27.7 Å². The quantitative estimate of drug-likeness (QED) is 0.456. The number of aryl methyl sites for hydroxylation is 1. The van der Waals surface area contributed by atoms with Crippen LogP contribution < -0.4 is 0 Å². The zero-order chi connectivity index (χ0) is 17.9. The highest BCUT2D eigenvalue weighted by Gasteiger charge is 2.12. The van der Waals surface area contributed by atoms with Crippen molar-refractivity contribution >= 4 is 27.7 Å². The third-order valence-electron chi connectivity index (χ3n) is 3.67. The minimum Gasteiger partial charge on any atom is -0.338 e. The molecule has 26 heavy (non-hydrogen) atoms. The number of aromatic amines is 1. The van der Waals surface area contributed by atoms with Crippen LogP contribution in [0.1, 0.15) is 11.5 Å². The fraction of sp³-hybridized carbons (Fsp3) is 0.111. The summed E-state index contributed by atoms with van der Waals surface area (Å²) in [6.07, 6.45) is 0. The number of nitrogens with one attached hydrogen (secondary N) is 1. The summed E-state index contributed by atoms with van der Waals surface area (Å²) in [5.41, 5.74) is 3.11. The van der Waals surface area contributed by atoms with Gasteiger partial charge in [0.05, 0.1) is 5.75 Å². The maximum atomic E-state index is 5.32. The summed E-state index contributed by atoms with van der Waals surface area (Å²) in [5.74, 6) is 2.35. The summed E-state index contributed by atoms with van der Waals surface area (Å²) in [7, 11) is 0. The number of aromatic nitrogens is 5. The van der Waals surface area contributed by atoms with Crippen molar-refractivity contribution in [2.24, 2.45) is 0 Å². The molecule has 8 heteroatoms. The summed E-state index contributed by atoms with van der Waals surface area (Å²) < 4.78 is 6.29. The fourth-order valence-corrected chi connectivity index (χ4v) is 3.37. The monoisotopic (exact) mass is 427 g/mol. The van der Waals surface area contributed by atoms with Crippen molar-refractivity contribution in [3.63, 3.8) is 0 Å². The molecular weight excluding hydrogens is 414 g/mol. The Balaban J connectivity index is 1.43. The van der Waals surface area contributed by atoms with E-state index in [1.165, 1.54) is 17.3 Å². The van der Waals surface area contributed by atoms with Crippen LogP contribution in [-0.2, 0) is 5.75 Å². The summed E-state index contributed by atoms with van der Waals surface area (Å²) >= 11 is 4.89. The van der Waals surface area contributed by atoms with Gasteiger partial charge in [0.1, 0.15) is 0 Å². The molecule has 0 aliphatic rings. The van der Waals surface area contributed by atoms with Crippen molar-refractivity contribution in [2.75, 3.05) is 0 Å². The molecule has 0 amide bonds. The van der Waals surface area contributed by atoms with Crippen LogP contribution in [0, 0.1) is 6.92 Å². The first kappa shape index (κ1) is 17.0. The summed E-state index contributed by atoms with van der Waals surface area (Å²) in [6, 6.07) is 15.9. The van der Waals surface area contributed by atoms with Crippen molar-refractivity contribution in [3.8, 4) is 22.8 Å². The Morgan fingerprint density at radius 2 is 1.92 bits per heavy atom. The van der Waals surface area contributed by atoms with Crippen LogP contribution in [0.3, 0.4) is 0 Å². The number of thioether (sulfide) groups is 1. The second-order valence-electron chi connectivity index (χ2n) is 5.64. The van der Waals surface area contributed by atoms with E-state index in [1.54, 1.807) is 0 Å². The molecule has 2 aromatic carbocycles. The first-order chi connectivity index (χ1) is 12.7. The van der Waals surface area contributed by atoms with Gasteiger partial charge in [0.15, 0.2) is 5.82 Å². The third-order valence-corrected chi connectivity index (χ3v) is 4.99. The van der Waals surface area contributed by atoms with Crippen LogP contribution in [-0.4, -0.2) is 25.3 Å². The van der Waals surface area contributed by atoms with Crippen LogP contribution in [0.25, 0.3) is 22.8 Å². The molecule has 4 rings (SSSR count). The van der Waals surface area contributed by atoms with E-state index >= 15 is 0 Å². The molecule has 0 radical (unpaired) electrons. The lowest BCUT2D eigenvalue weighted by molar-refractivity contribution is 0.391. The van der Waals surface area contributed by atoms with Gasteiger partial charge in [-0.15, -0.1) is 5.10 Å². The number of hydrogen-bond acceptors (Lipinski definition) is 6. The molecule has 0 fully saturated rings. The lowest BCUT2D eigenvalue weighted by Crippen LogP contribution is -1.84. The third kappa shape index (κ3) is 3.86. The minimum absolute atomic E-state index is 0.506. The van der Waals surface area contributed by atoms with Gasteiger partial charge in [0, 0.05) is 15.6 Å². The molecule has 6 nitrogen and oxygen atoms in total. The van der Waals surface area contributed by atoms with Crippen molar-refractivity contribution in [2.45, 2.75) is 17.8 Å². The van der Waals surface area contributed by atoms with E-state index in [2.05, 4.69) is 48.2 Å². The largest absolute Gasteiger partial charge is 0.338 e. The second kappa shape index (κ2) is 7.43. The van der Waals surface area contributed by atoms with E-state index in [4.69, 9.17) is 4.52 Å². The zero-order valence-electron chi connectivity index (χ0n) is 13.8. The molecule has 0 spiro atoms. The lowest BCUT2D eigenvalue weighted by atomic mass is 10.1. The van der Waals surface area contributed by atoms with Crippen LogP contribution in [0.15, 0.2) is 62.7 Å². The molecule has 0 aliphatic heterocycles. The van der Waals surface area contributed by atoms with Gasteiger partial charge in [-0.1, -0.05) is 74.8 Å². The minimum atomic E-state index is 0.506. The standard InChI is InChI=1S/C18H14BrN5OS/c1-11-5-7-12(8-6-11)16-21-18(23-22-16)26-10-15-20-17(24-25-15)13-3-2-4-14(19)9-13/h2-9H,10H2,1H3,(H,21,22,23). The molecule has 0 saturated heterocycles. The summed E-state index contributed by atoms with van der Waals surface area (Å²) in [4.78, 5) is 8.93. The highest BCUT2D eigenvalue weighted by Crippen LogP contribution is 2.24. The number of benzene rings is 2. The Morgan fingerprint density at radius 1 is 1.08 bits per heavy atom. The average Bonchev–Trinajstić information content (AvgIpc) is 3.30. The van der Waals surface area contributed by atoms with Crippen molar-refractivity contribution in [1.29, 1.82) is 0 Å². The van der Waals surface area contributed by atoms with Gasteiger partial charge < -0.3 is 4.52 Å². The molecule has 0 aliphatic carbocycles. The Kier molecular flexibility index (Phi) is 4.85. The summed E-state index contributed by atoms with van der Waals surface area (Å²) in [5, 5.41) is 11.9. The number of halogens is 1. The van der Waals surface area contributed by atoms with E-state index < -0.39 is 0 Å². The van der Waals surface area contributed by atoms with E-state index in [0.717, 1.165) is 21.4 Å². The number of nitrogens with zero attached hydrogens (tertiary/aromatic N) is 4. The van der Waals surface area contributed by atoms with E-state index in [-0.39, 0.29) is 0 Å². The maximum absolute atomic E-state index is 5.32. The molecule has 4 aromatic rings. The van der Waals surface area contributed by atoms with E-state index in [9.17, 15) is 0 Å². The molecule has 0 saturated carbocycles. The topological polar surface area (TPSA) is 80.5 Å². The first-order valence-corrected chi connectivity index (χ1v) is 9.66. The molecule has 2 aromatic heterocycles. The van der Waals surface area contributed by atoms with Crippen molar-refractivity contribution in [1.82, 2.24) is 25.3 Å². The number of H-pyrrole nitrogens is 1. The number of hydrogen-bond donors (Lipinski definition) is 1. The van der Waals surface area contributed by atoms with Gasteiger partial charge in [-0.05, 0) is 19.1 Å². The van der Waals surface area contributed by atoms with Gasteiger partial charge in [-0.25, -0.2) is 4.98 Å². The van der Waals surface area contributed by atoms with Crippen LogP contribution in [0.4, 0.5) is 0 Å². The zero-order valence-corrected chi connectivity index (χ0v) is 16.2. The van der Waals surface area contributed by atoms with Crippen LogP contribution in [0.5, 0.6) is 0 Å². The fourth-order valence-electron chi connectivity index (χ4n) is 2.34. The maximum Gasteiger partial charge on any atom is 0.237 e. The van der Waals surface area contributed by atoms with E-state index in [0.29, 0.717) is 22.6 Å². The van der Waals surface area contributed by atoms with Gasteiger partial charge in [0.2, 0.25) is 16.9 Å². The van der Waals surface area contributed by atoms with Gasteiger partial charge in [-0.3, -0.25) is 5.10 Å². The van der Waals surface area contributed by atoms with Gasteiger partial charge in [-0.2, -0.15) is 4.98 Å². The lowest BCUT2D eigenvalue weighted by Gasteiger charge is -1.96. The molecular formula is C18H14BrN5OS. The highest BCUT2D eigenvalue weighted by molar-refractivity contribution is 9.10. The summed E-state index contributed by atoms with van der Waals surface area (Å²) in [6.45, 7) is 2.05. The Bertz CT molecular complexity index is 1030. The molecule has 1 N–H and O–H groups in total. The van der Waals surface area contributed by atoms with Crippen LogP contribution in [0.2, 0.25) is 0 Å². The smallest absolute Gasteiger partial charge is 0.237 e.